The molecule has 3 saturated heterocycles. The minimum absolute atomic E-state index is 0. The van der Waals surface area contributed by atoms with Gasteiger partial charge in [0.25, 0.3) is 6.47 Å². The van der Waals surface area contributed by atoms with Gasteiger partial charge in [0.15, 0.2) is 0 Å². The molecule has 23 nitrogen and oxygen atoms in total. The van der Waals surface area contributed by atoms with E-state index in [4.69, 9.17) is 98.8 Å². The molecule has 0 saturated carbocycles. The van der Waals surface area contributed by atoms with Crippen molar-refractivity contribution >= 4 is 82.2 Å². The first-order valence-corrected chi connectivity index (χ1v) is 37.1. The summed E-state index contributed by atoms with van der Waals surface area (Å²) in [6, 6.07) is 17.8. The Morgan fingerprint density at radius 2 is 1.01 bits per heavy atom. The maximum Gasteiger partial charge on any atom is 1.00 e. The van der Waals surface area contributed by atoms with Crippen LogP contribution in [0.25, 0.3) is 5.57 Å². The summed E-state index contributed by atoms with van der Waals surface area (Å²) in [5.74, 6) is 3.33. The number of aromatic hydroxyl groups is 4. The summed E-state index contributed by atoms with van der Waals surface area (Å²) in [4.78, 5) is 44.7. The fourth-order valence-electron chi connectivity index (χ4n) is 10.4. The Bertz CT molecular complexity index is 4130. The number of carbonyl (C=O) groups excluding carboxylic acids is 1. The Balaban J connectivity index is 0.000000430. The SMILES string of the molecule is CC1(C)OB(C2=CCOCC2)OC1(C)C.Cc1cc(N)cnc1C.Cc1cc(O)c(C2=CCOCC2)nc1C.Cc1cc(O)c(C2CCOCC2)nc1C.Cc1cc(O)c(I)nc1C.Cc1cc(O)cnc1C.Cc1cc(Oc2ccnc(Cl)c2)c(C2CCOCC2)nc1C.Clc1ccnc(Cl)c1.O=CO[O-].[Cs+].[Cs+].[H-]. The second-order valence-electron chi connectivity index (χ2n) is 26.7. The van der Waals surface area contributed by atoms with Gasteiger partial charge in [0.1, 0.15) is 54.2 Å². The van der Waals surface area contributed by atoms with Crippen LogP contribution in [0.2, 0.25) is 15.3 Å². The number of nitrogens with zero attached hydrogens (tertiary/aromatic N) is 8. The number of ether oxygens (including phenoxy) is 5. The Hall–Kier alpha value is -3.56. The molecule has 0 bridgehead atoms. The van der Waals surface area contributed by atoms with E-state index >= 15 is 0 Å². The van der Waals surface area contributed by atoms with Crippen LogP contribution in [0.15, 0.2) is 103 Å². The third-order valence-electron chi connectivity index (χ3n) is 18.2. The van der Waals surface area contributed by atoms with Crippen molar-refractivity contribution in [3.05, 3.63) is 207 Å². The van der Waals surface area contributed by atoms with Crippen molar-refractivity contribution in [1.82, 2.24) is 39.9 Å². The van der Waals surface area contributed by atoms with Crippen LogP contribution >= 0.6 is 57.4 Å². The van der Waals surface area contributed by atoms with Crippen LogP contribution in [0.1, 0.15) is 164 Å². The minimum atomic E-state index is -0.239. The van der Waals surface area contributed by atoms with E-state index in [2.05, 4.69) is 79.6 Å². The zero-order valence-electron chi connectivity index (χ0n) is 67.0. The number of anilines is 1. The van der Waals surface area contributed by atoms with Gasteiger partial charge < -0.3 is 70.7 Å². The number of carbonyl (C=O) groups is 1. The average Bonchev–Trinajstić information content (AvgIpc) is 1.61. The maximum absolute atomic E-state index is 9.86. The van der Waals surface area contributed by atoms with Crippen molar-refractivity contribution in [2.45, 2.75) is 172 Å². The maximum atomic E-state index is 9.86. The Morgan fingerprint density at radius 1 is 0.550 bits per heavy atom. The quantitative estimate of drug-likeness (QED) is 0.0247. The summed E-state index contributed by atoms with van der Waals surface area (Å²) in [5.41, 5.74) is 23.0. The number of rotatable bonds is 7. The van der Waals surface area contributed by atoms with Gasteiger partial charge in [-0.05, 0) is 271 Å². The molecule has 3 fully saturated rings. The fraction of sp³-hybridized carbons (Fsp3) is 0.430. The molecule has 13 heterocycles. The van der Waals surface area contributed by atoms with Crippen molar-refractivity contribution in [2.75, 3.05) is 58.6 Å². The summed E-state index contributed by atoms with van der Waals surface area (Å²) in [5, 5.41) is 47.6. The molecule has 6 N–H and O–H groups in total. The number of pyridine rings is 8. The first-order valence-electron chi connectivity index (χ1n) is 34.9. The molecule has 5 aliphatic rings. The van der Waals surface area contributed by atoms with E-state index in [1.165, 1.54) is 11.7 Å². The van der Waals surface area contributed by atoms with Crippen molar-refractivity contribution in [2.24, 2.45) is 0 Å². The van der Waals surface area contributed by atoms with Gasteiger partial charge in [-0.1, -0.05) is 47.0 Å². The van der Waals surface area contributed by atoms with E-state index < -0.39 is 0 Å². The second-order valence-corrected chi connectivity index (χ2v) is 29.0. The second kappa shape index (κ2) is 50.7. The predicted molar refractivity (Wildman–Crippen MR) is 426 cm³/mol. The van der Waals surface area contributed by atoms with E-state index in [0.29, 0.717) is 67.9 Å². The van der Waals surface area contributed by atoms with Gasteiger partial charge in [-0.15, -0.1) is 0 Å². The van der Waals surface area contributed by atoms with Crippen molar-refractivity contribution < 1.29 is 208 Å². The molecule has 13 rings (SSSR count). The van der Waals surface area contributed by atoms with E-state index in [1.807, 2.05) is 124 Å². The van der Waals surface area contributed by atoms with Crippen LogP contribution in [0.4, 0.5) is 5.69 Å². The molecule has 0 amide bonds. The molecule has 8 aromatic heterocycles. The standard InChI is InChI=1S/C17H19ClN2O2.C12H17NO2.C12H15NO2.C11H19BO3.C7H8INO.C7H10N2.C7H9NO.C5H3Cl2N.CH2O3.2Cs.H/c1-11-9-15(22-14-3-6-19-16(18)10-14)17(20-12(11)2)13-4-7-21-8-5-13;2*1-8-7-11(14)12(13-9(8)2)10-3-5-15-6-4-10;1-10(2)11(3,4)15-12(14-10)9-5-7-13-8-6-9;1-4-3-6(10)7(8)9-5(4)2;1-5-3-7(8)4-9-6(5)2;1-5-3-7(9)4-8-6(5)2;6-4-1-2-8-5(7)3-4;2-1-4-3;;;/h3,6,9-10,13H,4-5,7-8H2,1-2H3;7,10,14H,3-6H2,1-2H3;3,7,14H,4-6H2,1-2H3;5H,6-8H2,1-4H3;3,10H,1-2H3;3-4H,8H2,1-2H3;3-4,9H,1-2H3;1-3H;1,3H;;;/q;;;;;;;;;2*+1;-1/p-1. The van der Waals surface area contributed by atoms with Crippen LogP contribution in [-0.4, -0.2) is 138 Å². The largest absolute Gasteiger partial charge is 1.00 e. The average molecular weight is 1910 g/mol. The molecule has 30 heteroatoms. The number of aryl methyl sites for hydroxylation is 12. The molecule has 5 aliphatic heterocycles. The Morgan fingerprint density at radius 3 is 1.47 bits per heavy atom. The normalized spacial score (nSPS) is 15.3. The van der Waals surface area contributed by atoms with Crippen LogP contribution in [0.5, 0.6) is 34.5 Å². The van der Waals surface area contributed by atoms with Crippen LogP contribution in [0, 0.1) is 86.8 Å². The van der Waals surface area contributed by atoms with E-state index in [9.17, 15) is 10.2 Å². The monoisotopic (exact) mass is 1910 g/mol. The van der Waals surface area contributed by atoms with Crippen molar-refractivity contribution in [3.63, 3.8) is 0 Å². The number of nitrogen functional groups attached to an aromatic ring is 1. The van der Waals surface area contributed by atoms with Crippen molar-refractivity contribution in [1.29, 1.82) is 0 Å². The van der Waals surface area contributed by atoms with Crippen LogP contribution in [0.3, 0.4) is 0 Å². The zero-order chi connectivity index (χ0) is 79.1. The van der Waals surface area contributed by atoms with Gasteiger partial charge in [0, 0.05) is 95.9 Å². The minimum Gasteiger partial charge on any atom is -1.00 e. The third kappa shape index (κ3) is 34.4. The molecule has 0 radical (unpaired) electrons. The number of nitrogens with two attached hydrogens (primary N) is 1. The third-order valence-corrected chi connectivity index (χ3v) is 19.6. The number of hydrogen-bond acceptors (Lipinski definition) is 23. The molecule has 580 valence electrons. The summed E-state index contributed by atoms with van der Waals surface area (Å²) >= 11 is 18.9. The fourth-order valence-corrected chi connectivity index (χ4v) is 11.4. The molecule has 0 spiro atoms. The summed E-state index contributed by atoms with van der Waals surface area (Å²) in [6.07, 6.45) is 16.0. The first kappa shape index (κ1) is 99.6. The van der Waals surface area contributed by atoms with Gasteiger partial charge in [0.2, 0.25) is 0 Å². The van der Waals surface area contributed by atoms with Crippen molar-refractivity contribution in [3.8, 4) is 34.5 Å². The van der Waals surface area contributed by atoms with Gasteiger partial charge in [0.05, 0.1) is 67.1 Å². The first-order chi connectivity index (χ1) is 50.6. The predicted octanol–water partition coefficient (Wildman–Crippen LogP) is 10.5. The molecular formula is C79H102BCl3Cs2IN9O14. The molecular weight excluding hydrogens is 1810 g/mol. The van der Waals surface area contributed by atoms with E-state index in [1.54, 1.807) is 61.1 Å². The molecule has 8 aromatic rings. The Kier molecular flexibility index (Phi) is 46.4. The van der Waals surface area contributed by atoms with Gasteiger partial charge in [-0.2, -0.15) is 0 Å². The number of halogens is 4. The molecule has 0 unspecified atom stereocenters. The molecule has 109 heavy (non-hydrogen) atoms. The van der Waals surface area contributed by atoms with Gasteiger partial charge in [-0.25, -0.2) is 19.9 Å². The van der Waals surface area contributed by atoms with Gasteiger partial charge >= 0.3 is 145 Å². The Labute approximate surface area is 790 Å². The smallest absolute Gasteiger partial charge is 1.00 e. The number of aromatic nitrogens is 8. The van der Waals surface area contributed by atoms with Crippen LogP contribution in [-0.2, 0) is 37.9 Å². The summed E-state index contributed by atoms with van der Waals surface area (Å²) in [6.45, 7) is 37.6. The molecule has 0 aromatic carbocycles. The van der Waals surface area contributed by atoms with Crippen LogP contribution < -0.4 is 154 Å². The summed E-state index contributed by atoms with van der Waals surface area (Å²) < 4.78 is 39.9. The molecule has 0 atom stereocenters. The topological polar surface area (TPSA) is 324 Å². The van der Waals surface area contributed by atoms with E-state index in [-0.39, 0.29) is 181 Å². The molecule has 0 aliphatic carbocycles. The van der Waals surface area contributed by atoms with Gasteiger partial charge in [-0.3, -0.25) is 24.7 Å². The van der Waals surface area contributed by atoms with E-state index in [0.717, 1.165) is 168 Å². The summed E-state index contributed by atoms with van der Waals surface area (Å²) in [7, 11) is -0.182. The zero-order valence-corrected chi connectivity index (χ0v) is 83.0. The number of hydrogen-bond donors (Lipinski definition) is 5.